The zero-order valence-electron chi connectivity index (χ0n) is 9.32. The normalized spacial score (nSPS) is 11.2. The molecule has 0 fully saturated rings. The summed E-state index contributed by atoms with van der Waals surface area (Å²) >= 11 is 1.56. The Balaban J connectivity index is 2.74. The predicted molar refractivity (Wildman–Crippen MR) is 72.4 cm³/mol. The number of hydrogen-bond donors (Lipinski definition) is 2. The third-order valence-electron chi connectivity index (χ3n) is 2.47. The lowest BCUT2D eigenvalue weighted by Gasteiger charge is -2.02. The number of fused-ring (bicyclic) bond motifs is 1. The van der Waals surface area contributed by atoms with E-state index in [9.17, 15) is 5.26 Å². The molecule has 2 aromatic rings. The third-order valence-corrected chi connectivity index (χ3v) is 3.68. The van der Waals surface area contributed by atoms with E-state index < -0.39 is 0 Å². The van der Waals surface area contributed by atoms with Crippen molar-refractivity contribution in [3.05, 3.63) is 40.8 Å². The van der Waals surface area contributed by atoms with Crippen LogP contribution in [0.5, 0.6) is 0 Å². The second-order valence-corrected chi connectivity index (χ2v) is 4.46. The van der Waals surface area contributed by atoms with Crippen LogP contribution in [0.15, 0.2) is 30.3 Å². The summed E-state index contributed by atoms with van der Waals surface area (Å²) in [6, 6.07) is 10.1. The smallest absolute Gasteiger partial charge is 0.101 e. The van der Waals surface area contributed by atoms with Gasteiger partial charge in [-0.3, -0.25) is 0 Å². The fraction of sp³-hybridized carbons (Fsp3) is 0.0769. The van der Waals surface area contributed by atoms with Gasteiger partial charge >= 0.3 is 0 Å². The molecular weight excluding hydrogens is 230 g/mol. The lowest BCUT2D eigenvalue weighted by atomic mass is 10.1. The molecule has 0 saturated carbocycles. The van der Waals surface area contributed by atoms with Gasteiger partial charge in [0.1, 0.15) is 6.07 Å². The maximum absolute atomic E-state index is 9.26. The minimum Gasteiger partial charge on any atom is -0.387 e. The second-order valence-electron chi connectivity index (χ2n) is 3.41. The highest BCUT2D eigenvalue weighted by Crippen LogP contribution is 2.34. The van der Waals surface area contributed by atoms with Crippen LogP contribution in [0, 0.1) is 16.7 Å². The summed E-state index contributed by atoms with van der Waals surface area (Å²) in [5, 5.41) is 20.4. The number of benzene rings is 1. The average molecular weight is 241 g/mol. The number of thiophene rings is 1. The van der Waals surface area contributed by atoms with Gasteiger partial charge < -0.3 is 10.7 Å². The van der Waals surface area contributed by atoms with E-state index in [4.69, 9.17) is 5.41 Å². The summed E-state index contributed by atoms with van der Waals surface area (Å²) in [4.78, 5) is 0.889. The van der Waals surface area contributed by atoms with E-state index >= 15 is 0 Å². The molecule has 1 aromatic carbocycles. The topological polar surface area (TPSA) is 59.7 Å². The Morgan fingerprint density at radius 2 is 2.24 bits per heavy atom. The number of hydrogen-bond acceptors (Lipinski definition) is 4. The molecule has 0 unspecified atom stereocenters. The molecule has 0 spiro atoms. The molecule has 17 heavy (non-hydrogen) atoms. The number of nitrogens with one attached hydrogen (secondary N) is 2. The van der Waals surface area contributed by atoms with Crippen LogP contribution in [-0.2, 0) is 0 Å². The van der Waals surface area contributed by atoms with Crippen molar-refractivity contribution in [1.29, 1.82) is 10.7 Å². The molecule has 0 saturated heterocycles. The van der Waals surface area contributed by atoms with Gasteiger partial charge in [-0.2, -0.15) is 5.26 Å². The molecule has 2 N–H and O–H groups in total. The van der Waals surface area contributed by atoms with Crippen molar-refractivity contribution in [2.75, 3.05) is 7.05 Å². The summed E-state index contributed by atoms with van der Waals surface area (Å²) < 4.78 is 1.09. The minimum absolute atomic E-state index is 0.674. The van der Waals surface area contributed by atoms with E-state index in [1.54, 1.807) is 24.5 Å². The van der Waals surface area contributed by atoms with Gasteiger partial charge in [-0.25, -0.2) is 0 Å². The van der Waals surface area contributed by atoms with Crippen LogP contribution in [0.1, 0.15) is 10.4 Å². The largest absolute Gasteiger partial charge is 0.387 e. The van der Waals surface area contributed by atoms with Crippen LogP contribution in [-0.4, -0.2) is 13.3 Å². The Morgan fingerprint density at radius 1 is 1.47 bits per heavy atom. The van der Waals surface area contributed by atoms with Gasteiger partial charge in [0.25, 0.3) is 0 Å². The van der Waals surface area contributed by atoms with Crippen molar-refractivity contribution < 1.29 is 0 Å². The molecule has 0 amide bonds. The van der Waals surface area contributed by atoms with Gasteiger partial charge in [-0.05, 0) is 12.1 Å². The van der Waals surface area contributed by atoms with Gasteiger partial charge in [0.2, 0.25) is 0 Å². The summed E-state index contributed by atoms with van der Waals surface area (Å²) in [6.07, 6.45) is 2.88. The Morgan fingerprint density at radius 3 is 2.88 bits per heavy atom. The Hall–Kier alpha value is -2.12. The van der Waals surface area contributed by atoms with Gasteiger partial charge in [-0.1, -0.05) is 18.2 Å². The van der Waals surface area contributed by atoms with Crippen molar-refractivity contribution in [2.24, 2.45) is 0 Å². The summed E-state index contributed by atoms with van der Waals surface area (Å²) in [6.45, 7) is 0. The van der Waals surface area contributed by atoms with Crippen LogP contribution < -0.4 is 5.32 Å². The van der Waals surface area contributed by atoms with Gasteiger partial charge in [0, 0.05) is 23.3 Å². The Labute approximate surface area is 104 Å². The molecule has 0 aliphatic carbocycles. The highest BCUT2D eigenvalue weighted by atomic mass is 32.1. The Bertz CT molecular complexity index is 632. The monoisotopic (exact) mass is 241 g/mol. The van der Waals surface area contributed by atoms with E-state index in [1.165, 1.54) is 6.21 Å². The molecule has 0 bridgehead atoms. The number of nitriles is 1. The first kappa shape index (κ1) is 11.4. The van der Waals surface area contributed by atoms with Crippen molar-refractivity contribution in [1.82, 2.24) is 5.32 Å². The maximum Gasteiger partial charge on any atom is 0.101 e. The molecule has 84 valence electrons. The van der Waals surface area contributed by atoms with Crippen LogP contribution in [0.4, 0.5) is 0 Å². The lowest BCUT2D eigenvalue weighted by Crippen LogP contribution is -2.04. The number of allylic oxidation sites excluding steroid dienone is 1. The Kier molecular flexibility index (Phi) is 3.22. The molecule has 4 heteroatoms. The zero-order chi connectivity index (χ0) is 12.3. The van der Waals surface area contributed by atoms with E-state index in [-0.39, 0.29) is 0 Å². The lowest BCUT2D eigenvalue weighted by molar-refractivity contribution is 1.14. The number of rotatable bonds is 3. The fourth-order valence-corrected chi connectivity index (χ4v) is 2.89. The molecule has 0 atom stereocenters. The molecule has 0 radical (unpaired) electrons. The summed E-state index contributed by atoms with van der Waals surface area (Å²) in [5.74, 6) is 0. The van der Waals surface area contributed by atoms with Crippen LogP contribution in [0.2, 0.25) is 0 Å². The third kappa shape index (κ3) is 1.93. The van der Waals surface area contributed by atoms with Gasteiger partial charge in [0.15, 0.2) is 0 Å². The first-order valence-electron chi connectivity index (χ1n) is 5.12. The minimum atomic E-state index is 0.674. The van der Waals surface area contributed by atoms with Crippen LogP contribution >= 0.6 is 11.3 Å². The number of nitrogens with zero attached hydrogens (tertiary/aromatic N) is 1. The average Bonchev–Trinajstić information content (AvgIpc) is 2.74. The van der Waals surface area contributed by atoms with Gasteiger partial charge in [0.05, 0.1) is 16.1 Å². The van der Waals surface area contributed by atoms with Crippen molar-refractivity contribution in [3.63, 3.8) is 0 Å². The zero-order valence-corrected chi connectivity index (χ0v) is 10.1. The summed E-state index contributed by atoms with van der Waals surface area (Å²) in [7, 11) is 1.79. The highest BCUT2D eigenvalue weighted by Gasteiger charge is 2.13. The van der Waals surface area contributed by atoms with Crippen molar-refractivity contribution >= 4 is 33.3 Å². The molecule has 0 aliphatic rings. The predicted octanol–water partition coefficient (Wildman–Crippen LogP) is 2.98. The molecule has 1 heterocycles. The van der Waals surface area contributed by atoms with Gasteiger partial charge in [-0.15, -0.1) is 11.3 Å². The van der Waals surface area contributed by atoms with E-state index in [1.807, 2.05) is 24.3 Å². The van der Waals surface area contributed by atoms with E-state index in [0.717, 1.165) is 20.7 Å². The van der Waals surface area contributed by atoms with E-state index in [2.05, 4.69) is 11.4 Å². The molecule has 0 aliphatic heterocycles. The summed E-state index contributed by atoms with van der Waals surface area (Å²) in [5.41, 5.74) is 1.48. The molecular formula is C13H11N3S. The SMILES string of the molecule is CN/C(=C\C=N)c1sc2ccccc2c1C#N. The standard InChI is InChI=1S/C13H11N3S/c1-16-11(6-7-14)13-10(8-15)9-4-2-3-5-12(9)17-13/h2-7,14,16H,1H3/b11-6-,14-7?. The molecule has 1 aromatic heterocycles. The molecule has 3 nitrogen and oxygen atoms in total. The first-order valence-corrected chi connectivity index (χ1v) is 5.94. The fourth-order valence-electron chi connectivity index (χ4n) is 1.70. The van der Waals surface area contributed by atoms with Crippen molar-refractivity contribution in [3.8, 4) is 6.07 Å². The van der Waals surface area contributed by atoms with E-state index in [0.29, 0.717) is 5.56 Å². The highest BCUT2D eigenvalue weighted by molar-refractivity contribution is 7.20. The van der Waals surface area contributed by atoms with Crippen LogP contribution in [0.25, 0.3) is 15.8 Å². The first-order chi connectivity index (χ1) is 8.31. The maximum atomic E-state index is 9.26. The van der Waals surface area contributed by atoms with Crippen LogP contribution in [0.3, 0.4) is 0 Å². The van der Waals surface area contributed by atoms with Crippen molar-refractivity contribution in [2.45, 2.75) is 0 Å². The molecule has 2 rings (SSSR count). The quantitative estimate of drug-likeness (QED) is 0.811. The second kappa shape index (κ2) is 4.81.